The molecule has 264 valence electrons. The molecule has 0 unspecified atom stereocenters. The number of halogens is 2. The first-order valence-corrected chi connectivity index (χ1v) is 17.3. The maximum absolute atomic E-state index is 9.77. The highest BCUT2D eigenvalue weighted by Crippen LogP contribution is 2.38. The van der Waals surface area contributed by atoms with Crippen molar-refractivity contribution in [3.63, 3.8) is 0 Å². The Kier molecular flexibility index (Phi) is 13.7. The number of aliphatic hydroxyl groups excluding tert-OH is 3. The lowest BCUT2D eigenvalue weighted by atomic mass is 9.98. The van der Waals surface area contributed by atoms with Crippen molar-refractivity contribution in [2.75, 3.05) is 39.5 Å². The van der Waals surface area contributed by atoms with E-state index in [1.807, 2.05) is 43.3 Å². The van der Waals surface area contributed by atoms with Gasteiger partial charge in [-0.3, -0.25) is 4.98 Å². The first-order chi connectivity index (χ1) is 24.3. The number of nitriles is 1. The van der Waals surface area contributed by atoms with Crippen molar-refractivity contribution in [1.82, 2.24) is 15.2 Å². The Bertz CT molecular complexity index is 1780. The van der Waals surface area contributed by atoms with Crippen LogP contribution in [0.15, 0.2) is 67.0 Å². The van der Waals surface area contributed by atoms with Crippen LogP contribution in [0.5, 0.6) is 17.2 Å². The number of benzene rings is 3. The van der Waals surface area contributed by atoms with E-state index in [2.05, 4.69) is 21.3 Å². The van der Waals surface area contributed by atoms with Crippen LogP contribution in [0.1, 0.15) is 40.7 Å². The summed E-state index contributed by atoms with van der Waals surface area (Å²) in [6.07, 6.45) is 4.58. The number of aromatic nitrogens is 1. The number of β-amino-alcohol motifs (C(OH)–C–C–N with tert-alkyl or cyclic N) is 1. The summed E-state index contributed by atoms with van der Waals surface area (Å²) in [7, 11) is 0. The van der Waals surface area contributed by atoms with Gasteiger partial charge in [-0.2, -0.15) is 5.26 Å². The van der Waals surface area contributed by atoms with Crippen molar-refractivity contribution >= 4 is 23.2 Å². The third-order valence-electron chi connectivity index (χ3n) is 8.62. The van der Waals surface area contributed by atoms with Gasteiger partial charge in [-0.15, -0.1) is 0 Å². The van der Waals surface area contributed by atoms with Crippen molar-refractivity contribution in [2.24, 2.45) is 0 Å². The fourth-order valence-corrected chi connectivity index (χ4v) is 6.32. The number of aliphatic hydroxyl groups is 3. The predicted octanol–water partition coefficient (Wildman–Crippen LogP) is 5.67. The van der Waals surface area contributed by atoms with E-state index in [1.54, 1.807) is 24.4 Å². The molecule has 1 saturated heterocycles. The number of ether oxygens (including phenoxy) is 3. The minimum atomic E-state index is -0.519. The van der Waals surface area contributed by atoms with Crippen molar-refractivity contribution in [1.29, 1.82) is 5.26 Å². The van der Waals surface area contributed by atoms with Gasteiger partial charge in [0, 0.05) is 66.9 Å². The predicted molar refractivity (Wildman–Crippen MR) is 193 cm³/mol. The highest BCUT2D eigenvalue weighted by atomic mass is 35.5. The van der Waals surface area contributed by atoms with Crippen LogP contribution in [-0.4, -0.2) is 76.8 Å². The van der Waals surface area contributed by atoms with E-state index in [0.29, 0.717) is 44.8 Å². The lowest BCUT2D eigenvalue weighted by molar-refractivity contribution is 0.169. The lowest BCUT2D eigenvalue weighted by Gasteiger charge is -2.19. The third kappa shape index (κ3) is 9.86. The first-order valence-electron chi connectivity index (χ1n) is 16.6. The second kappa shape index (κ2) is 18.4. The molecule has 10 nitrogen and oxygen atoms in total. The SMILES string of the molecule is Cc1c(OCCCN2CC[C@@H](O)C2)cccc1-c1cccc(COc2cc(OCc3cncc(C#N)c3)c(CNC(CO)CO)cc2Cl)c1Cl. The van der Waals surface area contributed by atoms with Gasteiger partial charge in [0.15, 0.2) is 0 Å². The van der Waals surface area contributed by atoms with Gasteiger partial charge in [0.05, 0.1) is 47.6 Å². The number of nitrogens with one attached hydrogen (secondary N) is 1. The number of pyridine rings is 1. The van der Waals surface area contributed by atoms with Gasteiger partial charge in [-0.05, 0) is 49.1 Å². The molecular formula is C38H42Cl2N4O6. The summed E-state index contributed by atoms with van der Waals surface area (Å²) in [4.78, 5) is 6.36. The van der Waals surface area contributed by atoms with E-state index in [4.69, 9.17) is 37.4 Å². The van der Waals surface area contributed by atoms with Gasteiger partial charge < -0.3 is 39.7 Å². The van der Waals surface area contributed by atoms with Crippen LogP contribution >= 0.6 is 23.2 Å². The number of nitrogens with zero attached hydrogens (tertiary/aromatic N) is 3. The number of likely N-dealkylation sites (tertiary alicyclic amines) is 1. The molecule has 4 N–H and O–H groups in total. The van der Waals surface area contributed by atoms with Gasteiger partial charge in [-0.1, -0.05) is 53.5 Å². The van der Waals surface area contributed by atoms with E-state index < -0.39 is 6.04 Å². The second-order valence-corrected chi connectivity index (χ2v) is 13.0. The van der Waals surface area contributed by atoms with Gasteiger partial charge in [0.25, 0.3) is 0 Å². The molecule has 1 aromatic heterocycles. The summed E-state index contributed by atoms with van der Waals surface area (Å²) in [5.41, 5.74) is 5.38. The monoisotopic (exact) mass is 720 g/mol. The number of rotatable bonds is 17. The molecule has 12 heteroatoms. The largest absolute Gasteiger partial charge is 0.493 e. The minimum Gasteiger partial charge on any atom is -0.493 e. The average molecular weight is 722 g/mol. The Morgan fingerprint density at radius 3 is 2.50 bits per heavy atom. The Labute approximate surface area is 302 Å². The molecule has 1 fully saturated rings. The molecular weight excluding hydrogens is 679 g/mol. The smallest absolute Gasteiger partial charge is 0.142 e. The van der Waals surface area contributed by atoms with Crippen LogP contribution in [0.2, 0.25) is 10.0 Å². The van der Waals surface area contributed by atoms with Crippen LogP contribution in [-0.2, 0) is 19.8 Å². The van der Waals surface area contributed by atoms with Crippen molar-refractivity contribution < 1.29 is 29.5 Å². The Morgan fingerprint density at radius 2 is 1.74 bits per heavy atom. The van der Waals surface area contributed by atoms with Crippen molar-refractivity contribution in [3.05, 3.63) is 105 Å². The summed E-state index contributed by atoms with van der Waals surface area (Å²) < 4.78 is 18.5. The van der Waals surface area contributed by atoms with Gasteiger partial charge in [0.1, 0.15) is 36.5 Å². The highest BCUT2D eigenvalue weighted by Gasteiger charge is 2.20. The number of hydrogen-bond donors (Lipinski definition) is 4. The van der Waals surface area contributed by atoms with E-state index in [9.17, 15) is 20.6 Å². The molecule has 0 aliphatic carbocycles. The molecule has 4 aromatic rings. The zero-order valence-electron chi connectivity index (χ0n) is 27.9. The van der Waals surface area contributed by atoms with E-state index in [0.717, 1.165) is 60.5 Å². The minimum absolute atomic E-state index is 0.134. The molecule has 3 aromatic carbocycles. The zero-order chi connectivity index (χ0) is 35.5. The summed E-state index contributed by atoms with van der Waals surface area (Å²) in [6.45, 7) is 5.19. The Balaban J connectivity index is 1.30. The van der Waals surface area contributed by atoms with E-state index in [-0.39, 0.29) is 39.1 Å². The molecule has 0 amide bonds. The van der Waals surface area contributed by atoms with Crippen LogP contribution in [0.25, 0.3) is 11.1 Å². The molecule has 50 heavy (non-hydrogen) atoms. The zero-order valence-corrected chi connectivity index (χ0v) is 29.5. The second-order valence-electron chi connectivity index (χ2n) is 12.3. The number of hydrogen-bond acceptors (Lipinski definition) is 10. The van der Waals surface area contributed by atoms with Crippen LogP contribution in [0.4, 0.5) is 0 Å². The summed E-state index contributed by atoms with van der Waals surface area (Å²) in [6, 6.07) is 18.4. The molecule has 0 radical (unpaired) electrons. The van der Waals surface area contributed by atoms with Crippen molar-refractivity contribution in [2.45, 2.75) is 51.7 Å². The van der Waals surface area contributed by atoms with Crippen LogP contribution in [0, 0.1) is 18.3 Å². The fourth-order valence-electron chi connectivity index (χ4n) is 5.79. The van der Waals surface area contributed by atoms with Crippen molar-refractivity contribution in [3.8, 4) is 34.4 Å². The normalized spacial score (nSPS) is 14.6. The molecule has 1 aliphatic heterocycles. The van der Waals surface area contributed by atoms with Crippen LogP contribution < -0.4 is 19.5 Å². The van der Waals surface area contributed by atoms with Gasteiger partial charge in [0.2, 0.25) is 0 Å². The maximum atomic E-state index is 9.77. The Morgan fingerprint density at radius 1 is 0.960 bits per heavy atom. The molecule has 0 spiro atoms. The molecule has 0 bridgehead atoms. The average Bonchev–Trinajstić information content (AvgIpc) is 3.55. The standard InChI is InChI=1S/C38H42Cl2N4O6/c1-25-32(6-3-8-35(25)48-12-4-10-44-11-9-31(47)20-44)33-7-2-5-28(38(33)40)24-50-37-15-36(49-23-27-13-26(16-41)17-42-18-27)29(14-34(37)39)19-43-30(21-45)22-46/h2-3,5-8,13-15,17-18,30-31,43,45-47H,4,9-12,19-24H2,1H3/t31-/m1/s1. The molecule has 1 atom stereocenters. The molecule has 0 saturated carbocycles. The fraction of sp³-hybridized carbons (Fsp3) is 0.368. The lowest BCUT2D eigenvalue weighted by Crippen LogP contribution is -2.35. The van der Waals surface area contributed by atoms with E-state index >= 15 is 0 Å². The van der Waals surface area contributed by atoms with Gasteiger partial charge >= 0.3 is 0 Å². The third-order valence-corrected chi connectivity index (χ3v) is 9.36. The molecule has 5 rings (SSSR count). The summed E-state index contributed by atoms with van der Waals surface area (Å²) in [5.74, 6) is 1.65. The quantitative estimate of drug-likeness (QED) is 0.101. The molecule has 2 heterocycles. The topological polar surface area (TPSA) is 140 Å². The molecule has 1 aliphatic rings. The Hall–Kier alpha value is -3.92. The summed E-state index contributed by atoms with van der Waals surface area (Å²) in [5, 5.41) is 42.1. The van der Waals surface area contributed by atoms with Crippen LogP contribution in [0.3, 0.4) is 0 Å². The van der Waals surface area contributed by atoms with E-state index in [1.165, 1.54) is 6.20 Å². The first kappa shape index (κ1) is 37.3. The van der Waals surface area contributed by atoms with Gasteiger partial charge in [-0.25, -0.2) is 0 Å². The maximum Gasteiger partial charge on any atom is 0.142 e. The highest BCUT2D eigenvalue weighted by molar-refractivity contribution is 6.34. The summed E-state index contributed by atoms with van der Waals surface area (Å²) >= 11 is 13.7.